The van der Waals surface area contributed by atoms with Gasteiger partial charge in [0.15, 0.2) is 11.6 Å². The summed E-state index contributed by atoms with van der Waals surface area (Å²) in [6, 6.07) is 59.6. The number of thiophene rings is 2. The number of nitrogens with zero attached hydrogens (tertiary/aromatic N) is 3. The average Bonchev–Trinajstić information content (AvgIpc) is 4.03. The standard InChI is InChI=1S/C59H39N3OS2/c1-59(29-13-23-45-43-20-8-11-26-52(43)65-55(45)59)58-61-56(60-57(62-58)46-22-12-21-44-42-19-7-10-25-51(42)64-54(44)46)37-32-48(53-49(33-37)41-18-6-9-24-50(41)63-53)40-28-27-36-30-34-14-2-3-15-35(34)31-47(36)39-17-5-4-16-38(39)40/h2-26,30-33,40H,27-29H2,1H3. The van der Waals surface area contributed by atoms with Gasteiger partial charge in [-0.1, -0.05) is 133 Å². The van der Waals surface area contributed by atoms with E-state index in [4.69, 9.17) is 19.4 Å². The average molecular weight is 870 g/mol. The molecule has 14 rings (SSSR count). The summed E-state index contributed by atoms with van der Waals surface area (Å²) in [5.41, 5.74) is 11.0. The van der Waals surface area contributed by atoms with Crippen LogP contribution in [0.5, 0.6) is 0 Å². The Bertz CT molecular complexity index is 3980. The topological polar surface area (TPSA) is 51.8 Å². The molecular weight excluding hydrogens is 831 g/mol. The molecule has 2 unspecified atom stereocenters. The summed E-state index contributed by atoms with van der Waals surface area (Å²) in [6.07, 6.45) is 7.26. The number of allylic oxidation sites excluding steroid dienone is 1. The van der Waals surface area contributed by atoms with E-state index in [-0.39, 0.29) is 5.92 Å². The molecule has 0 radical (unpaired) electrons. The van der Waals surface area contributed by atoms with Gasteiger partial charge in [-0.15, -0.1) is 22.7 Å². The summed E-state index contributed by atoms with van der Waals surface area (Å²) < 4.78 is 10.7. The quantitative estimate of drug-likeness (QED) is 0.177. The first kappa shape index (κ1) is 37.2. The lowest BCUT2D eigenvalue weighted by atomic mass is 9.78. The molecule has 12 aromatic rings. The van der Waals surface area contributed by atoms with Crippen molar-refractivity contribution in [1.82, 2.24) is 15.0 Å². The number of fused-ring (bicyclic) bond motifs is 13. The Hall–Kier alpha value is -7.25. The Morgan fingerprint density at radius 1 is 0.569 bits per heavy atom. The zero-order chi connectivity index (χ0) is 42.8. The van der Waals surface area contributed by atoms with Crippen LogP contribution in [-0.2, 0) is 11.8 Å². The minimum Gasteiger partial charge on any atom is -0.456 e. The normalized spacial score (nSPS) is 17.0. The van der Waals surface area contributed by atoms with Crippen LogP contribution in [0.2, 0.25) is 0 Å². The van der Waals surface area contributed by atoms with Crippen molar-refractivity contribution in [3.8, 4) is 33.9 Å². The number of hydrogen-bond donors (Lipinski definition) is 0. The predicted octanol–water partition coefficient (Wildman–Crippen LogP) is 16.3. The van der Waals surface area contributed by atoms with Crippen molar-refractivity contribution < 1.29 is 4.42 Å². The van der Waals surface area contributed by atoms with Crippen molar-refractivity contribution in [3.05, 3.63) is 203 Å². The fourth-order valence-electron chi connectivity index (χ4n) is 10.9. The van der Waals surface area contributed by atoms with Crippen LogP contribution < -0.4 is 0 Å². The molecule has 308 valence electrons. The molecule has 2 aliphatic rings. The first-order valence-electron chi connectivity index (χ1n) is 22.5. The fraction of sp³-hybridized carbons (Fsp3) is 0.102. The number of hydrogen-bond acceptors (Lipinski definition) is 6. The van der Waals surface area contributed by atoms with E-state index in [9.17, 15) is 0 Å². The van der Waals surface area contributed by atoms with Gasteiger partial charge in [-0.3, -0.25) is 0 Å². The molecule has 65 heavy (non-hydrogen) atoms. The highest BCUT2D eigenvalue weighted by atomic mass is 32.1. The van der Waals surface area contributed by atoms with E-state index < -0.39 is 5.41 Å². The highest BCUT2D eigenvalue weighted by Crippen LogP contribution is 2.50. The SMILES string of the molecule is CC1(c2nc(-c3cc(C4CCc5cc6ccccc6cc5-c5ccccc54)c4oc5ccccc5c4c3)nc(-c3cccc4c3sc3ccccc34)n2)CC=Cc2c1sc1ccccc21. The van der Waals surface area contributed by atoms with E-state index in [0.29, 0.717) is 11.6 Å². The lowest BCUT2D eigenvalue weighted by Crippen LogP contribution is -2.28. The summed E-state index contributed by atoms with van der Waals surface area (Å²) >= 11 is 3.68. The van der Waals surface area contributed by atoms with Crippen LogP contribution in [0.15, 0.2) is 174 Å². The molecule has 4 aromatic heterocycles. The molecule has 0 saturated heterocycles. The number of aryl methyl sites for hydroxylation is 1. The summed E-state index contributed by atoms with van der Waals surface area (Å²) in [7, 11) is 0. The van der Waals surface area contributed by atoms with E-state index in [1.54, 1.807) is 0 Å². The van der Waals surface area contributed by atoms with Gasteiger partial charge in [0, 0.05) is 63.1 Å². The lowest BCUT2D eigenvalue weighted by molar-refractivity contribution is 0.544. The Morgan fingerprint density at radius 3 is 2.17 bits per heavy atom. The van der Waals surface area contributed by atoms with Crippen molar-refractivity contribution in [3.63, 3.8) is 0 Å². The molecule has 4 nitrogen and oxygen atoms in total. The molecule has 0 fully saturated rings. The van der Waals surface area contributed by atoms with Gasteiger partial charge < -0.3 is 4.42 Å². The van der Waals surface area contributed by atoms with E-state index in [0.717, 1.165) is 63.7 Å². The third-order valence-electron chi connectivity index (χ3n) is 14.2. The monoisotopic (exact) mass is 869 g/mol. The summed E-state index contributed by atoms with van der Waals surface area (Å²) in [5, 5.41) is 8.46. The van der Waals surface area contributed by atoms with Crippen molar-refractivity contribution in [2.24, 2.45) is 0 Å². The van der Waals surface area contributed by atoms with E-state index in [1.807, 2.05) is 22.7 Å². The Labute approximate surface area is 383 Å². The van der Waals surface area contributed by atoms with Gasteiger partial charge in [0.2, 0.25) is 0 Å². The van der Waals surface area contributed by atoms with Crippen molar-refractivity contribution in [2.75, 3.05) is 0 Å². The van der Waals surface area contributed by atoms with Crippen LogP contribution in [0.4, 0.5) is 0 Å². The molecule has 2 aliphatic carbocycles. The molecule has 2 atom stereocenters. The molecule has 0 amide bonds. The van der Waals surface area contributed by atoms with Gasteiger partial charge in [-0.2, -0.15) is 0 Å². The van der Waals surface area contributed by atoms with Gasteiger partial charge in [0.05, 0.1) is 5.41 Å². The van der Waals surface area contributed by atoms with Crippen molar-refractivity contribution in [1.29, 1.82) is 0 Å². The molecule has 6 heteroatoms. The maximum atomic E-state index is 6.94. The van der Waals surface area contributed by atoms with Gasteiger partial charge >= 0.3 is 0 Å². The van der Waals surface area contributed by atoms with Crippen LogP contribution in [0.1, 0.15) is 58.6 Å². The molecule has 4 heterocycles. The highest BCUT2D eigenvalue weighted by molar-refractivity contribution is 7.26. The van der Waals surface area contributed by atoms with Gasteiger partial charge in [0.1, 0.15) is 17.0 Å². The van der Waals surface area contributed by atoms with Crippen LogP contribution in [0.25, 0.3) is 103 Å². The third kappa shape index (κ3) is 5.63. The second kappa shape index (κ2) is 14.1. The molecular formula is C59H39N3OS2. The lowest BCUT2D eigenvalue weighted by Gasteiger charge is -2.30. The zero-order valence-corrected chi connectivity index (χ0v) is 37.1. The van der Waals surface area contributed by atoms with Crippen LogP contribution in [0, 0.1) is 0 Å². The molecule has 0 bridgehead atoms. The Balaban J connectivity index is 1.03. The van der Waals surface area contributed by atoms with E-state index in [2.05, 4.69) is 183 Å². The van der Waals surface area contributed by atoms with Crippen molar-refractivity contribution >= 4 is 91.7 Å². The smallest absolute Gasteiger partial charge is 0.165 e. The van der Waals surface area contributed by atoms with Gasteiger partial charge in [-0.25, -0.2) is 15.0 Å². The van der Waals surface area contributed by atoms with Crippen LogP contribution in [-0.4, -0.2) is 15.0 Å². The number of aromatic nitrogens is 3. The molecule has 0 saturated carbocycles. The van der Waals surface area contributed by atoms with Gasteiger partial charge in [0.25, 0.3) is 0 Å². The van der Waals surface area contributed by atoms with Gasteiger partial charge in [-0.05, 0) is 113 Å². The van der Waals surface area contributed by atoms with E-state index >= 15 is 0 Å². The Morgan fingerprint density at radius 2 is 1.28 bits per heavy atom. The summed E-state index contributed by atoms with van der Waals surface area (Å²) in [6.45, 7) is 2.33. The second-order valence-corrected chi connectivity index (χ2v) is 20.0. The number of benzene rings is 8. The minimum atomic E-state index is -0.487. The fourth-order valence-corrected chi connectivity index (χ4v) is 13.5. The first-order chi connectivity index (χ1) is 32.1. The molecule has 0 aliphatic heterocycles. The third-order valence-corrected chi connectivity index (χ3v) is 16.8. The predicted molar refractivity (Wildman–Crippen MR) is 272 cm³/mol. The maximum absolute atomic E-state index is 6.94. The molecule has 8 aromatic carbocycles. The highest BCUT2D eigenvalue weighted by Gasteiger charge is 2.39. The van der Waals surface area contributed by atoms with Crippen LogP contribution in [0.3, 0.4) is 0 Å². The number of furan rings is 1. The minimum absolute atomic E-state index is 0.0555. The maximum Gasteiger partial charge on any atom is 0.165 e. The zero-order valence-electron chi connectivity index (χ0n) is 35.5. The number of para-hydroxylation sites is 1. The second-order valence-electron chi connectivity index (χ2n) is 17.9. The largest absolute Gasteiger partial charge is 0.456 e. The van der Waals surface area contributed by atoms with E-state index in [1.165, 1.54) is 73.7 Å². The molecule has 0 N–H and O–H groups in total. The molecule has 0 spiro atoms. The summed E-state index contributed by atoms with van der Waals surface area (Å²) in [4.78, 5) is 18.0. The van der Waals surface area contributed by atoms with Crippen molar-refractivity contribution in [2.45, 2.75) is 37.5 Å². The van der Waals surface area contributed by atoms with Crippen LogP contribution >= 0.6 is 22.7 Å². The first-order valence-corrected chi connectivity index (χ1v) is 24.1. The summed E-state index contributed by atoms with van der Waals surface area (Å²) in [5.74, 6) is 2.21. The Kier molecular flexibility index (Phi) is 8.07. The number of rotatable bonds is 4.